The van der Waals surface area contributed by atoms with Crippen molar-refractivity contribution < 1.29 is 19.0 Å². The molecule has 4 nitrogen and oxygen atoms in total. The normalized spacial score (nSPS) is 31.9. The molecule has 98 valence electrons. The van der Waals surface area contributed by atoms with Crippen LogP contribution < -0.4 is 0 Å². The summed E-state index contributed by atoms with van der Waals surface area (Å²) in [6, 6.07) is 0. The first-order chi connectivity index (χ1) is 7.80. The van der Waals surface area contributed by atoms with Crippen molar-refractivity contribution in [1.29, 1.82) is 0 Å². The standard InChI is InChI=1S/C13H22O4/c1-12(2)8-9(13(3,4)17-12)10(14)7-11-15-5-6-16-11/h9,11H,5-8H2,1-4H3. The highest BCUT2D eigenvalue weighted by Crippen LogP contribution is 2.43. The van der Waals surface area contributed by atoms with Gasteiger partial charge in [-0.2, -0.15) is 0 Å². The molecule has 2 heterocycles. The quantitative estimate of drug-likeness (QED) is 0.758. The minimum Gasteiger partial charge on any atom is -0.369 e. The zero-order chi connectivity index (χ0) is 12.7. The molecule has 0 radical (unpaired) electrons. The summed E-state index contributed by atoms with van der Waals surface area (Å²) in [7, 11) is 0. The van der Waals surface area contributed by atoms with Gasteiger partial charge in [-0.15, -0.1) is 0 Å². The van der Waals surface area contributed by atoms with E-state index >= 15 is 0 Å². The molecular weight excluding hydrogens is 220 g/mol. The molecule has 0 aliphatic carbocycles. The minimum absolute atomic E-state index is 0.0645. The molecule has 0 N–H and O–H groups in total. The maximum absolute atomic E-state index is 12.3. The minimum atomic E-state index is -0.390. The summed E-state index contributed by atoms with van der Waals surface area (Å²) in [6.07, 6.45) is 0.765. The number of ether oxygens (including phenoxy) is 3. The van der Waals surface area contributed by atoms with Gasteiger partial charge in [0, 0.05) is 5.92 Å². The number of rotatable bonds is 3. The zero-order valence-electron chi connectivity index (χ0n) is 11.1. The average Bonchev–Trinajstić information content (AvgIpc) is 2.71. The van der Waals surface area contributed by atoms with Crippen molar-refractivity contribution >= 4 is 5.78 Å². The summed E-state index contributed by atoms with van der Waals surface area (Å²) in [6.45, 7) is 9.22. The van der Waals surface area contributed by atoms with Gasteiger partial charge in [-0.05, 0) is 34.1 Å². The largest absolute Gasteiger partial charge is 0.369 e. The predicted octanol–water partition coefficient (Wildman–Crippen LogP) is 1.91. The lowest BCUT2D eigenvalue weighted by atomic mass is 9.83. The van der Waals surface area contributed by atoms with E-state index in [0.29, 0.717) is 19.6 Å². The Morgan fingerprint density at radius 1 is 1.18 bits per heavy atom. The van der Waals surface area contributed by atoms with E-state index in [0.717, 1.165) is 6.42 Å². The SMILES string of the molecule is CC1(C)CC(C(=O)CC2OCCO2)C(C)(C)O1. The van der Waals surface area contributed by atoms with Crippen LogP contribution in [0.2, 0.25) is 0 Å². The Hall–Kier alpha value is -0.450. The second-order valence-corrected chi connectivity index (χ2v) is 6.06. The molecule has 0 aromatic carbocycles. The molecule has 2 fully saturated rings. The van der Waals surface area contributed by atoms with E-state index in [1.165, 1.54) is 0 Å². The summed E-state index contributed by atoms with van der Waals surface area (Å²) in [5, 5.41) is 0. The van der Waals surface area contributed by atoms with Crippen LogP contribution in [0.1, 0.15) is 40.5 Å². The van der Waals surface area contributed by atoms with E-state index in [9.17, 15) is 4.79 Å². The van der Waals surface area contributed by atoms with Crippen molar-refractivity contribution in [1.82, 2.24) is 0 Å². The Labute approximate surface area is 103 Å². The number of carbonyl (C=O) groups excluding carboxylic acids is 1. The first-order valence-electron chi connectivity index (χ1n) is 6.26. The molecule has 1 unspecified atom stereocenters. The fourth-order valence-electron chi connectivity index (χ4n) is 2.90. The third-order valence-corrected chi connectivity index (χ3v) is 3.52. The number of hydrogen-bond acceptors (Lipinski definition) is 4. The molecule has 0 spiro atoms. The monoisotopic (exact) mass is 242 g/mol. The molecule has 17 heavy (non-hydrogen) atoms. The Balaban J connectivity index is 1.99. The third kappa shape index (κ3) is 2.87. The van der Waals surface area contributed by atoms with Crippen LogP contribution in [0.25, 0.3) is 0 Å². The van der Waals surface area contributed by atoms with E-state index in [1.54, 1.807) is 0 Å². The third-order valence-electron chi connectivity index (χ3n) is 3.52. The molecule has 2 aliphatic rings. The molecule has 4 heteroatoms. The van der Waals surface area contributed by atoms with Crippen LogP contribution in [-0.4, -0.2) is 36.5 Å². The molecule has 0 saturated carbocycles. The Morgan fingerprint density at radius 3 is 2.24 bits per heavy atom. The van der Waals surface area contributed by atoms with E-state index in [1.807, 2.05) is 27.7 Å². The van der Waals surface area contributed by atoms with Gasteiger partial charge in [0.05, 0.1) is 30.8 Å². The van der Waals surface area contributed by atoms with Gasteiger partial charge in [-0.1, -0.05) is 0 Å². The lowest BCUT2D eigenvalue weighted by Gasteiger charge is -2.27. The maximum Gasteiger partial charge on any atom is 0.164 e. The fraction of sp³-hybridized carbons (Fsp3) is 0.923. The molecular formula is C13H22O4. The van der Waals surface area contributed by atoms with Crippen LogP contribution in [0.4, 0.5) is 0 Å². The van der Waals surface area contributed by atoms with Crippen molar-refractivity contribution in [2.45, 2.75) is 58.0 Å². The van der Waals surface area contributed by atoms with Gasteiger partial charge in [-0.25, -0.2) is 0 Å². The number of hydrogen-bond donors (Lipinski definition) is 0. The molecule has 0 amide bonds. The van der Waals surface area contributed by atoms with Gasteiger partial charge >= 0.3 is 0 Å². The molecule has 0 bridgehead atoms. The van der Waals surface area contributed by atoms with Crippen molar-refractivity contribution in [2.75, 3.05) is 13.2 Å². The molecule has 0 aromatic rings. The van der Waals surface area contributed by atoms with Crippen LogP contribution >= 0.6 is 0 Å². The van der Waals surface area contributed by atoms with Gasteiger partial charge in [0.15, 0.2) is 6.29 Å². The number of ketones is 1. The predicted molar refractivity (Wildman–Crippen MR) is 62.7 cm³/mol. The number of carbonyl (C=O) groups is 1. The Morgan fingerprint density at radius 2 is 1.76 bits per heavy atom. The summed E-state index contributed by atoms with van der Waals surface area (Å²) in [4.78, 5) is 12.3. The second kappa shape index (κ2) is 4.34. The molecule has 2 aliphatic heterocycles. The van der Waals surface area contributed by atoms with Gasteiger partial charge in [0.1, 0.15) is 5.78 Å². The Kier molecular flexibility index (Phi) is 3.31. The zero-order valence-corrected chi connectivity index (χ0v) is 11.1. The maximum atomic E-state index is 12.3. The van der Waals surface area contributed by atoms with Gasteiger partial charge in [0.2, 0.25) is 0 Å². The highest BCUT2D eigenvalue weighted by molar-refractivity contribution is 5.83. The van der Waals surface area contributed by atoms with Crippen LogP contribution in [0, 0.1) is 5.92 Å². The topological polar surface area (TPSA) is 44.8 Å². The van der Waals surface area contributed by atoms with Crippen LogP contribution in [0.15, 0.2) is 0 Å². The second-order valence-electron chi connectivity index (χ2n) is 6.06. The van der Waals surface area contributed by atoms with Gasteiger partial charge < -0.3 is 14.2 Å². The Bertz CT molecular complexity index is 303. The molecule has 1 atom stereocenters. The molecule has 2 saturated heterocycles. The summed E-state index contributed by atoms with van der Waals surface area (Å²) < 4.78 is 16.6. The van der Waals surface area contributed by atoms with Crippen molar-refractivity contribution in [2.24, 2.45) is 5.92 Å². The lowest BCUT2D eigenvalue weighted by Crippen LogP contribution is -2.35. The highest BCUT2D eigenvalue weighted by Gasteiger charge is 2.49. The van der Waals surface area contributed by atoms with Crippen LogP contribution in [-0.2, 0) is 19.0 Å². The van der Waals surface area contributed by atoms with Gasteiger partial charge in [-0.3, -0.25) is 4.79 Å². The van der Waals surface area contributed by atoms with E-state index < -0.39 is 0 Å². The highest BCUT2D eigenvalue weighted by atomic mass is 16.7. The van der Waals surface area contributed by atoms with Crippen molar-refractivity contribution in [3.05, 3.63) is 0 Å². The van der Waals surface area contributed by atoms with Crippen molar-refractivity contribution in [3.63, 3.8) is 0 Å². The van der Waals surface area contributed by atoms with Crippen LogP contribution in [0.3, 0.4) is 0 Å². The first kappa shape index (κ1) is 13.0. The summed E-state index contributed by atoms with van der Waals surface area (Å²) in [5.74, 6) is 0.123. The van der Waals surface area contributed by atoms with Crippen molar-refractivity contribution in [3.8, 4) is 0 Å². The lowest BCUT2D eigenvalue weighted by molar-refractivity contribution is -0.137. The smallest absolute Gasteiger partial charge is 0.164 e. The van der Waals surface area contributed by atoms with E-state index in [2.05, 4.69) is 0 Å². The number of Topliss-reactive ketones (excluding diaryl/α,β-unsaturated/α-hetero) is 1. The van der Waals surface area contributed by atoms with E-state index in [4.69, 9.17) is 14.2 Å². The van der Waals surface area contributed by atoms with Gasteiger partial charge in [0.25, 0.3) is 0 Å². The summed E-state index contributed by atoms with van der Waals surface area (Å²) in [5.41, 5.74) is -0.611. The first-order valence-corrected chi connectivity index (χ1v) is 6.26. The summed E-state index contributed by atoms with van der Waals surface area (Å²) >= 11 is 0. The fourth-order valence-corrected chi connectivity index (χ4v) is 2.90. The molecule has 0 aromatic heterocycles. The van der Waals surface area contributed by atoms with E-state index in [-0.39, 0.29) is 29.2 Å². The average molecular weight is 242 g/mol. The molecule has 2 rings (SSSR count). The van der Waals surface area contributed by atoms with Crippen LogP contribution in [0.5, 0.6) is 0 Å².